The van der Waals surface area contributed by atoms with Gasteiger partial charge in [0.2, 0.25) is 0 Å². The first-order chi connectivity index (χ1) is 5.74. The normalized spacial score (nSPS) is 12.9. The molecule has 0 aliphatic rings. The summed E-state index contributed by atoms with van der Waals surface area (Å²) in [5.74, 6) is 2.69. The van der Waals surface area contributed by atoms with Crippen LogP contribution in [0.15, 0.2) is 0 Å². The fourth-order valence-corrected chi connectivity index (χ4v) is 1.46. The van der Waals surface area contributed by atoms with Gasteiger partial charge < -0.3 is 0 Å². The summed E-state index contributed by atoms with van der Waals surface area (Å²) < 4.78 is 0. The van der Waals surface area contributed by atoms with Gasteiger partial charge in [-0.1, -0.05) is 6.92 Å². The van der Waals surface area contributed by atoms with Gasteiger partial charge in [0.05, 0.1) is 0 Å². The van der Waals surface area contributed by atoms with E-state index in [9.17, 15) is 0 Å². The minimum Gasteiger partial charge on any atom is -0.165 e. The second-order valence-electron chi connectivity index (χ2n) is 2.66. The molecule has 0 saturated heterocycles. The molecule has 0 spiro atoms. The van der Waals surface area contributed by atoms with E-state index in [1.165, 1.54) is 0 Å². The Morgan fingerprint density at radius 3 is 2.33 bits per heavy atom. The van der Waals surface area contributed by atoms with Crippen LogP contribution in [-0.4, -0.2) is 32.4 Å². The highest BCUT2D eigenvalue weighted by molar-refractivity contribution is 7.98. The van der Waals surface area contributed by atoms with Gasteiger partial charge in [0.1, 0.15) is 0 Å². The predicted molar refractivity (Wildman–Crippen MR) is 49.2 cm³/mol. The molecule has 5 heteroatoms. The van der Waals surface area contributed by atoms with Crippen molar-refractivity contribution in [1.29, 1.82) is 0 Å². The van der Waals surface area contributed by atoms with E-state index in [4.69, 9.17) is 0 Å². The fourth-order valence-electron chi connectivity index (χ4n) is 0.809. The molecule has 0 fully saturated rings. The van der Waals surface area contributed by atoms with Crippen LogP contribution in [0, 0.1) is 6.92 Å². The Labute approximate surface area is 76.2 Å². The smallest absolute Gasteiger partial charge is 0.165 e. The maximum Gasteiger partial charge on any atom is 0.177 e. The van der Waals surface area contributed by atoms with E-state index >= 15 is 0 Å². The van der Waals surface area contributed by atoms with Crippen molar-refractivity contribution < 1.29 is 0 Å². The Morgan fingerprint density at radius 1 is 1.25 bits per heavy atom. The number of thioether (sulfide) groups is 1. The van der Waals surface area contributed by atoms with Crippen LogP contribution in [-0.2, 0) is 0 Å². The van der Waals surface area contributed by atoms with E-state index < -0.39 is 0 Å². The topological polar surface area (TPSA) is 51.6 Å². The Morgan fingerprint density at radius 2 is 1.83 bits per heavy atom. The Kier molecular flexibility index (Phi) is 3.40. The third-order valence-corrected chi connectivity index (χ3v) is 2.29. The molecule has 1 atom stereocenters. The highest BCUT2D eigenvalue weighted by atomic mass is 32.2. The van der Waals surface area contributed by atoms with Gasteiger partial charge in [-0.15, -0.1) is 20.4 Å². The fraction of sp³-hybridized carbons (Fsp3) is 0.714. The zero-order chi connectivity index (χ0) is 8.97. The second kappa shape index (κ2) is 4.35. The summed E-state index contributed by atoms with van der Waals surface area (Å²) in [6, 6.07) is 0. The van der Waals surface area contributed by atoms with E-state index in [1.54, 1.807) is 18.7 Å². The Hall–Kier alpha value is -0.710. The first-order valence-electron chi connectivity index (χ1n) is 3.77. The Bertz CT molecular complexity index is 236. The number of hydrogen-bond donors (Lipinski definition) is 0. The minimum absolute atomic E-state index is 0.334. The van der Waals surface area contributed by atoms with E-state index in [2.05, 4.69) is 33.6 Å². The highest BCUT2D eigenvalue weighted by Gasteiger charge is 2.08. The number of nitrogens with zero attached hydrogens (tertiary/aromatic N) is 4. The van der Waals surface area contributed by atoms with Crippen molar-refractivity contribution in [1.82, 2.24) is 20.4 Å². The SMILES string of the molecule is CSCC(C)c1nnc(C)nn1. The van der Waals surface area contributed by atoms with Crippen molar-refractivity contribution in [3.63, 3.8) is 0 Å². The van der Waals surface area contributed by atoms with Crippen LogP contribution >= 0.6 is 11.8 Å². The van der Waals surface area contributed by atoms with Gasteiger partial charge in [-0.25, -0.2) is 0 Å². The predicted octanol–water partition coefficient (Wildman–Crippen LogP) is 1.04. The van der Waals surface area contributed by atoms with E-state index in [-0.39, 0.29) is 0 Å². The van der Waals surface area contributed by atoms with Crippen molar-refractivity contribution in [2.45, 2.75) is 19.8 Å². The van der Waals surface area contributed by atoms with Crippen LogP contribution in [0.3, 0.4) is 0 Å². The van der Waals surface area contributed by atoms with E-state index in [1.807, 2.05) is 0 Å². The molecular formula is C7H12N4S. The maximum absolute atomic E-state index is 3.96. The summed E-state index contributed by atoms with van der Waals surface area (Å²) in [4.78, 5) is 0. The average Bonchev–Trinajstić information content (AvgIpc) is 2.06. The first kappa shape index (κ1) is 9.38. The van der Waals surface area contributed by atoms with Crippen LogP contribution in [0.5, 0.6) is 0 Å². The van der Waals surface area contributed by atoms with Gasteiger partial charge in [0.15, 0.2) is 11.6 Å². The summed E-state index contributed by atoms with van der Waals surface area (Å²) >= 11 is 1.77. The lowest BCUT2D eigenvalue weighted by Crippen LogP contribution is -2.07. The lowest BCUT2D eigenvalue weighted by atomic mass is 10.2. The molecule has 0 aliphatic carbocycles. The molecule has 0 bridgehead atoms. The van der Waals surface area contributed by atoms with Crippen LogP contribution in [0.25, 0.3) is 0 Å². The third-order valence-electron chi connectivity index (χ3n) is 1.45. The summed E-state index contributed by atoms with van der Waals surface area (Å²) in [6.45, 7) is 3.85. The highest BCUT2D eigenvalue weighted by Crippen LogP contribution is 2.12. The van der Waals surface area contributed by atoms with Crippen molar-refractivity contribution in [2.75, 3.05) is 12.0 Å². The average molecular weight is 184 g/mol. The molecule has 0 aliphatic heterocycles. The Balaban J connectivity index is 2.68. The second-order valence-corrected chi connectivity index (χ2v) is 3.57. The van der Waals surface area contributed by atoms with E-state index in [0.29, 0.717) is 11.7 Å². The summed E-state index contributed by atoms with van der Waals surface area (Å²) in [5.41, 5.74) is 0. The van der Waals surface area contributed by atoms with Crippen LogP contribution in [0.1, 0.15) is 24.5 Å². The van der Waals surface area contributed by atoms with Crippen LogP contribution in [0.2, 0.25) is 0 Å². The standard InChI is InChI=1S/C7H12N4S/c1-5(4-12-3)7-10-8-6(2)9-11-7/h5H,4H2,1-3H3. The summed E-state index contributed by atoms with van der Waals surface area (Å²) in [6.07, 6.45) is 2.06. The molecule has 4 nitrogen and oxygen atoms in total. The molecule has 0 radical (unpaired) electrons. The molecule has 1 aromatic heterocycles. The summed E-state index contributed by atoms with van der Waals surface area (Å²) in [7, 11) is 0. The summed E-state index contributed by atoms with van der Waals surface area (Å²) in [5, 5.41) is 15.6. The van der Waals surface area contributed by atoms with Gasteiger partial charge in [-0.05, 0) is 13.2 Å². The zero-order valence-electron chi connectivity index (χ0n) is 7.48. The molecule has 1 rings (SSSR count). The largest absolute Gasteiger partial charge is 0.177 e. The maximum atomic E-state index is 3.96. The van der Waals surface area contributed by atoms with Crippen molar-refractivity contribution in [3.05, 3.63) is 11.6 Å². The van der Waals surface area contributed by atoms with E-state index in [0.717, 1.165) is 11.6 Å². The molecule has 1 heterocycles. The number of aryl methyl sites for hydroxylation is 1. The lowest BCUT2D eigenvalue weighted by Gasteiger charge is -2.04. The van der Waals surface area contributed by atoms with Gasteiger partial charge in [0, 0.05) is 11.7 Å². The number of rotatable bonds is 3. The lowest BCUT2D eigenvalue weighted by molar-refractivity contribution is 0.678. The monoisotopic (exact) mass is 184 g/mol. The molecule has 0 amide bonds. The van der Waals surface area contributed by atoms with Crippen molar-refractivity contribution >= 4 is 11.8 Å². The van der Waals surface area contributed by atoms with Gasteiger partial charge in [-0.3, -0.25) is 0 Å². The molecule has 12 heavy (non-hydrogen) atoms. The molecule has 1 unspecified atom stereocenters. The molecular weight excluding hydrogens is 172 g/mol. The van der Waals surface area contributed by atoms with Gasteiger partial charge in [0.25, 0.3) is 0 Å². The first-order valence-corrected chi connectivity index (χ1v) is 5.16. The molecule has 66 valence electrons. The van der Waals surface area contributed by atoms with Crippen LogP contribution < -0.4 is 0 Å². The number of aromatic nitrogens is 4. The van der Waals surface area contributed by atoms with Gasteiger partial charge >= 0.3 is 0 Å². The van der Waals surface area contributed by atoms with Crippen LogP contribution in [0.4, 0.5) is 0 Å². The van der Waals surface area contributed by atoms with Gasteiger partial charge in [-0.2, -0.15) is 11.8 Å². The van der Waals surface area contributed by atoms with Crippen molar-refractivity contribution in [3.8, 4) is 0 Å². The molecule has 0 N–H and O–H groups in total. The minimum atomic E-state index is 0.334. The zero-order valence-corrected chi connectivity index (χ0v) is 8.30. The molecule has 0 saturated carbocycles. The molecule has 1 aromatic rings. The quantitative estimate of drug-likeness (QED) is 0.702. The molecule has 0 aromatic carbocycles. The number of hydrogen-bond acceptors (Lipinski definition) is 5. The van der Waals surface area contributed by atoms with Crippen molar-refractivity contribution in [2.24, 2.45) is 0 Å². The third kappa shape index (κ3) is 2.41.